The third-order valence-electron chi connectivity index (χ3n) is 4.45. The van der Waals surface area contributed by atoms with E-state index in [9.17, 15) is 9.59 Å². The number of fused-ring (bicyclic) bond motifs is 1. The SMILES string of the molecule is COc1ccc(C=NNC(=O)c2ccc(NC(=O)C(C)C)cc2)c2ccccc12. The lowest BCUT2D eigenvalue weighted by Crippen LogP contribution is -2.19. The zero-order valence-corrected chi connectivity index (χ0v) is 16.6. The molecular weight excluding hydrogens is 366 g/mol. The number of hydrogen-bond donors (Lipinski definition) is 2. The highest BCUT2D eigenvalue weighted by Gasteiger charge is 2.09. The van der Waals surface area contributed by atoms with E-state index in [-0.39, 0.29) is 17.7 Å². The van der Waals surface area contributed by atoms with E-state index >= 15 is 0 Å². The third kappa shape index (κ3) is 4.79. The van der Waals surface area contributed by atoms with Crippen molar-refractivity contribution in [3.05, 3.63) is 71.8 Å². The Hall–Kier alpha value is -3.67. The van der Waals surface area contributed by atoms with Crippen molar-refractivity contribution in [2.24, 2.45) is 11.0 Å². The molecule has 0 atom stereocenters. The number of anilines is 1. The smallest absolute Gasteiger partial charge is 0.271 e. The van der Waals surface area contributed by atoms with Crippen LogP contribution in [0.15, 0.2) is 65.8 Å². The summed E-state index contributed by atoms with van der Waals surface area (Å²) in [5.41, 5.74) is 4.50. The molecule has 0 aromatic heterocycles. The standard InChI is InChI=1S/C23H23N3O3/c1-15(2)22(27)25-18-11-8-16(9-12-18)23(28)26-24-14-17-10-13-21(29-3)20-7-5-4-6-19(17)20/h4-15H,1-3H3,(H,25,27)(H,26,28). The molecule has 0 aliphatic rings. The Morgan fingerprint density at radius 1 is 0.966 bits per heavy atom. The second-order valence-corrected chi connectivity index (χ2v) is 6.82. The van der Waals surface area contributed by atoms with E-state index < -0.39 is 0 Å². The van der Waals surface area contributed by atoms with E-state index in [1.54, 1.807) is 37.6 Å². The molecule has 3 aromatic carbocycles. The van der Waals surface area contributed by atoms with Gasteiger partial charge in [-0.2, -0.15) is 5.10 Å². The predicted octanol–water partition coefficient (Wildman–Crippen LogP) is 4.21. The zero-order chi connectivity index (χ0) is 20.8. The number of methoxy groups -OCH3 is 1. The number of hydrazone groups is 1. The van der Waals surface area contributed by atoms with Crippen molar-refractivity contribution in [2.45, 2.75) is 13.8 Å². The van der Waals surface area contributed by atoms with Crippen molar-refractivity contribution in [1.29, 1.82) is 0 Å². The van der Waals surface area contributed by atoms with Crippen molar-refractivity contribution in [1.82, 2.24) is 5.43 Å². The van der Waals surface area contributed by atoms with E-state index in [1.165, 1.54) is 0 Å². The predicted molar refractivity (Wildman–Crippen MR) is 115 cm³/mol. The normalized spacial score (nSPS) is 11.0. The first-order valence-corrected chi connectivity index (χ1v) is 9.29. The first kappa shape index (κ1) is 20.1. The molecule has 29 heavy (non-hydrogen) atoms. The molecule has 0 aliphatic carbocycles. The van der Waals surface area contributed by atoms with Gasteiger partial charge in [-0.15, -0.1) is 0 Å². The van der Waals surface area contributed by atoms with Crippen LogP contribution in [0.5, 0.6) is 5.75 Å². The van der Waals surface area contributed by atoms with Gasteiger partial charge in [0.05, 0.1) is 13.3 Å². The number of carbonyl (C=O) groups excluding carboxylic acids is 2. The molecule has 0 bridgehead atoms. The Bertz CT molecular complexity index is 1060. The first-order valence-electron chi connectivity index (χ1n) is 9.29. The summed E-state index contributed by atoms with van der Waals surface area (Å²) in [5.74, 6) is 0.270. The van der Waals surface area contributed by atoms with Crippen molar-refractivity contribution in [3.63, 3.8) is 0 Å². The second kappa shape index (κ2) is 9.01. The van der Waals surface area contributed by atoms with Crippen molar-refractivity contribution in [2.75, 3.05) is 12.4 Å². The molecule has 148 valence electrons. The second-order valence-electron chi connectivity index (χ2n) is 6.82. The Morgan fingerprint density at radius 2 is 1.66 bits per heavy atom. The van der Waals surface area contributed by atoms with Crippen molar-refractivity contribution < 1.29 is 14.3 Å². The highest BCUT2D eigenvalue weighted by atomic mass is 16.5. The number of amides is 2. The zero-order valence-electron chi connectivity index (χ0n) is 16.6. The summed E-state index contributed by atoms with van der Waals surface area (Å²) in [4.78, 5) is 24.0. The van der Waals surface area contributed by atoms with Gasteiger partial charge < -0.3 is 10.1 Å². The topological polar surface area (TPSA) is 79.8 Å². The van der Waals surface area contributed by atoms with Crippen LogP contribution in [0.2, 0.25) is 0 Å². The highest BCUT2D eigenvalue weighted by Crippen LogP contribution is 2.27. The minimum absolute atomic E-state index is 0.0708. The maximum atomic E-state index is 12.3. The summed E-state index contributed by atoms with van der Waals surface area (Å²) in [6.07, 6.45) is 1.61. The summed E-state index contributed by atoms with van der Waals surface area (Å²) in [6.45, 7) is 3.64. The summed E-state index contributed by atoms with van der Waals surface area (Å²) in [5, 5.41) is 8.83. The first-order chi connectivity index (χ1) is 14.0. The lowest BCUT2D eigenvalue weighted by Gasteiger charge is -2.08. The monoisotopic (exact) mass is 389 g/mol. The number of nitrogens with one attached hydrogen (secondary N) is 2. The Kier molecular flexibility index (Phi) is 6.24. The van der Waals surface area contributed by atoms with Crippen LogP contribution in [0, 0.1) is 5.92 Å². The van der Waals surface area contributed by atoms with Crippen LogP contribution in [-0.2, 0) is 4.79 Å². The average Bonchev–Trinajstić information content (AvgIpc) is 2.74. The minimum atomic E-state index is -0.333. The maximum Gasteiger partial charge on any atom is 0.271 e. The molecule has 0 saturated carbocycles. The van der Waals surface area contributed by atoms with Crippen LogP contribution in [0.3, 0.4) is 0 Å². The van der Waals surface area contributed by atoms with Crippen LogP contribution >= 0.6 is 0 Å². The largest absolute Gasteiger partial charge is 0.496 e. The van der Waals surface area contributed by atoms with Crippen molar-refractivity contribution in [3.8, 4) is 5.75 Å². The molecule has 0 saturated heterocycles. The van der Waals surface area contributed by atoms with E-state index in [4.69, 9.17) is 4.74 Å². The highest BCUT2D eigenvalue weighted by molar-refractivity contribution is 6.03. The van der Waals surface area contributed by atoms with E-state index in [1.807, 2.05) is 50.2 Å². The van der Waals surface area contributed by atoms with Gasteiger partial charge in [-0.1, -0.05) is 38.1 Å². The van der Waals surface area contributed by atoms with Gasteiger partial charge in [0.1, 0.15) is 5.75 Å². The molecule has 6 heteroatoms. The van der Waals surface area contributed by atoms with Crippen LogP contribution in [0.25, 0.3) is 10.8 Å². The number of hydrogen-bond acceptors (Lipinski definition) is 4. The molecule has 0 heterocycles. The maximum absolute atomic E-state index is 12.3. The van der Waals surface area contributed by atoms with Gasteiger partial charge in [0.15, 0.2) is 0 Å². The molecule has 0 unspecified atom stereocenters. The van der Waals surface area contributed by atoms with E-state index in [0.717, 1.165) is 22.1 Å². The number of carbonyl (C=O) groups is 2. The number of nitrogens with zero attached hydrogens (tertiary/aromatic N) is 1. The molecule has 0 fully saturated rings. The fourth-order valence-electron chi connectivity index (χ4n) is 2.80. The summed E-state index contributed by atoms with van der Waals surface area (Å²) < 4.78 is 5.39. The van der Waals surface area contributed by atoms with Gasteiger partial charge in [-0.25, -0.2) is 5.43 Å². The molecular formula is C23H23N3O3. The van der Waals surface area contributed by atoms with Crippen LogP contribution in [-0.4, -0.2) is 25.1 Å². The molecule has 0 aliphatic heterocycles. The minimum Gasteiger partial charge on any atom is -0.496 e. The molecule has 0 spiro atoms. The fraction of sp³-hybridized carbons (Fsp3) is 0.174. The van der Waals surface area contributed by atoms with Crippen LogP contribution in [0.1, 0.15) is 29.8 Å². The van der Waals surface area contributed by atoms with Gasteiger partial charge in [0.2, 0.25) is 5.91 Å². The van der Waals surface area contributed by atoms with Gasteiger partial charge in [0, 0.05) is 28.1 Å². The quantitative estimate of drug-likeness (QED) is 0.490. The number of ether oxygens (including phenoxy) is 1. The third-order valence-corrected chi connectivity index (χ3v) is 4.45. The van der Waals surface area contributed by atoms with Crippen LogP contribution < -0.4 is 15.5 Å². The molecule has 2 amide bonds. The fourth-order valence-corrected chi connectivity index (χ4v) is 2.80. The Labute approximate surface area is 169 Å². The van der Waals surface area contributed by atoms with Gasteiger partial charge in [-0.05, 0) is 41.8 Å². The summed E-state index contributed by atoms with van der Waals surface area (Å²) >= 11 is 0. The van der Waals surface area contributed by atoms with Gasteiger partial charge >= 0.3 is 0 Å². The molecule has 3 rings (SSSR count). The summed E-state index contributed by atoms with van der Waals surface area (Å²) in [7, 11) is 1.63. The average molecular weight is 389 g/mol. The molecule has 3 aromatic rings. The van der Waals surface area contributed by atoms with E-state index in [0.29, 0.717) is 11.3 Å². The van der Waals surface area contributed by atoms with Gasteiger partial charge in [0.25, 0.3) is 5.91 Å². The number of rotatable bonds is 6. The molecule has 0 radical (unpaired) electrons. The van der Waals surface area contributed by atoms with Crippen molar-refractivity contribution >= 4 is 34.5 Å². The van der Waals surface area contributed by atoms with E-state index in [2.05, 4.69) is 15.8 Å². The lowest BCUT2D eigenvalue weighted by molar-refractivity contribution is -0.118. The van der Waals surface area contributed by atoms with Crippen LogP contribution in [0.4, 0.5) is 5.69 Å². The molecule has 2 N–H and O–H groups in total. The number of benzene rings is 3. The summed E-state index contributed by atoms with van der Waals surface area (Å²) in [6, 6.07) is 18.3. The molecule has 6 nitrogen and oxygen atoms in total. The lowest BCUT2D eigenvalue weighted by atomic mass is 10.0. The Morgan fingerprint density at radius 3 is 2.31 bits per heavy atom. The van der Waals surface area contributed by atoms with Gasteiger partial charge in [-0.3, -0.25) is 9.59 Å². The Balaban J connectivity index is 1.69.